The minimum absolute atomic E-state index is 0.234. The summed E-state index contributed by atoms with van der Waals surface area (Å²) in [6.07, 6.45) is 0. The number of hydrogen-bond donors (Lipinski definition) is 1. The molecule has 0 radical (unpaired) electrons. The van der Waals surface area contributed by atoms with E-state index in [1.807, 2.05) is 0 Å². The van der Waals surface area contributed by atoms with Crippen LogP contribution >= 0.6 is 11.9 Å². The molecule has 0 aromatic heterocycles. The summed E-state index contributed by atoms with van der Waals surface area (Å²) in [6, 6.07) is 8.39. The van der Waals surface area contributed by atoms with Crippen LogP contribution in [0.25, 0.3) is 0 Å². The minimum atomic E-state index is 0.234. The van der Waals surface area contributed by atoms with Gasteiger partial charge in [0.1, 0.15) is 0 Å². The summed E-state index contributed by atoms with van der Waals surface area (Å²) < 4.78 is 0. The Bertz CT molecular complexity index is 280. The van der Waals surface area contributed by atoms with Gasteiger partial charge in [-0.2, -0.15) is 0 Å². The molecule has 0 aliphatic carbocycles. The Labute approximate surface area is 105 Å². The van der Waals surface area contributed by atoms with Crippen molar-refractivity contribution in [1.29, 1.82) is 0 Å². The molecule has 16 heavy (non-hydrogen) atoms. The Hall–Kier alpha value is -0.470. The van der Waals surface area contributed by atoms with Gasteiger partial charge >= 0.3 is 0 Å². The van der Waals surface area contributed by atoms with E-state index in [0.717, 1.165) is 10.8 Å². The molecule has 0 atom stereocenters. The van der Waals surface area contributed by atoms with Crippen molar-refractivity contribution >= 4 is 11.9 Å². The molecule has 0 saturated heterocycles. The summed E-state index contributed by atoms with van der Waals surface area (Å²) in [7, 11) is 0. The molecule has 0 bridgehead atoms. The van der Waals surface area contributed by atoms with Crippen molar-refractivity contribution in [3.8, 4) is 0 Å². The Morgan fingerprint density at radius 3 is 1.62 bits per heavy atom. The van der Waals surface area contributed by atoms with Crippen molar-refractivity contribution < 1.29 is 0 Å². The van der Waals surface area contributed by atoms with Gasteiger partial charge in [0.2, 0.25) is 0 Å². The van der Waals surface area contributed by atoms with Gasteiger partial charge in [-0.25, -0.2) is 0 Å². The van der Waals surface area contributed by atoms with E-state index >= 15 is 0 Å². The number of benzene rings is 1. The highest BCUT2D eigenvalue weighted by molar-refractivity contribution is 7.97. The first-order valence-corrected chi connectivity index (χ1v) is 6.62. The largest absolute Gasteiger partial charge is 0.274 e. The molecular formula is C14H25NS. The second kappa shape index (κ2) is 6.97. The third-order valence-electron chi connectivity index (χ3n) is 1.86. The van der Waals surface area contributed by atoms with Crippen molar-refractivity contribution in [2.75, 3.05) is 0 Å². The highest BCUT2D eigenvalue weighted by Gasteiger charge is 2.12. The molecule has 1 aromatic rings. The molecule has 1 rings (SSSR count). The van der Waals surface area contributed by atoms with E-state index in [1.54, 1.807) is 0 Å². The van der Waals surface area contributed by atoms with Crippen molar-refractivity contribution in [2.24, 2.45) is 11.1 Å². The maximum Gasteiger partial charge on any atom is 0.0226 e. The average Bonchev–Trinajstić information content (AvgIpc) is 2.16. The summed E-state index contributed by atoms with van der Waals surface area (Å²) in [5.74, 6) is 0.833. The smallest absolute Gasteiger partial charge is 0.0226 e. The Morgan fingerprint density at radius 1 is 1.00 bits per heavy atom. The van der Waals surface area contributed by atoms with Crippen LogP contribution in [0, 0.1) is 5.92 Å². The fourth-order valence-corrected chi connectivity index (χ4v) is 1.33. The van der Waals surface area contributed by atoms with Gasteiger partial charge in [0.15, 0.2) is 0 Å². The molecule has 0 amide bonds. The predicted molar refractivity (Wildman–Crippen MR) is 75.7 cm³/mol. The zero-order chi connectivity index (χ0) is 12.8. The number of hydrogen-bond acceptors (Lipinski definition) is 2. The molecular weight excluding hydrogens is 214 g/mol. The molecule has 0 saturated carbocycles. The first-order chi connectivity index (χ1) is 7.27. The fraction of sp³-hybridized carbons (Fsp3) is 0.571. The molecule has 1 aromatic carbocycles. The van der Waals surface area contributed by atoms with Crippen LogP contribution in [0.3, 0.4) is 0 Å². The fourth-order valence-electron chi connectivity index (χ4n) is 1.03. The van der Waals surface area contributed by atoms with Gasteiger partial charge in [-0.3, -0.25) is 5.14 Å². The van der Waals surface area contributed by atoms with E-state index in [4.69, 9.17) is 5.14 Å². The Balaban J connectivity index is 0.000000487. The highest BCUT2D eigenvalue weighted by Crippen LogP contribution is 2.23. The van der Waals surface area contributed by atoms with E-state index < -0.39 is 0 Å². The third-order valence-corrected chi connectivity index (χ3v) is 2.40. The quantitative estimate of drug-likeness (QED) is 0.724. The van der Waals surface area contributed by atoms with Crippen LogP contribution in [0.1, 0.15) is 47.1 Å². The standard InChI is InChI=1S/C10H15NS.C4H10/c1-10(2,3)8-4-6-9(12-11)7-5-8;1-4(2)3/h4-7H,11H2,1-3H3;4H,1-3H3. The average molecular weight is 239 g/mol. The van der Waals surface area contributed by atoms with Crippen LogP contribution in [0.15, 0.2) is 29.2 Å². The molecule has 92 valence electrons. The summed E-state index contributed by atoms with van der Waals surface area (Å²) >= 11 is 1.29. The van der Waals surface area contributed by atoms with Gasteiger partial charge in [0, 0.05) is 4.90 Å². The van der Waals surface area contributed by atoms with Crippen LogP contribution in [-0.2, 0) is 5.41 Å². The zero-order valence-corrected chi connectivity index (χ0v) is 12.2. The molecule has 2 N–H and O–H groups in total. The van der Waals surface area contributed by atoms with Gasteiger partial charge in [-0.1, -0.05) is 53.7 Å². The lowest BCUT2D eigenvalue weighted by Crippen LogP contribution is -2.10. The van der Waals surface area contributed by atoms with Crippen molar-refractivity contribution in [1.82, 2.24) is 0 Å². The molecule has 0 aliphatic heterocycles. The lowest BCUT2D eigenvalue weighted by atomic mass is 9.87. The van der Waals surface area contributed by atoms with Gasteiger partial charge in [0.25, 0.3) is 0 Å². The number of nitrogens with two attached hydrogens (primary N) is 1. The molecule has 2 heteroatoms. The summed E-state index contributed by atoms with van der Waals surface area (Å²) in [5.41, 5.74) is 1.58. The SMILES string of the molecule is CC(C)(C)c1ccc(SN)cc1.CC(C)C. The molecule has 0 aliphatic rings. The van der Waals surface area contributed by atoms with Gasteiger partial charge in [-0.05, 0) is 41.0 Å². The van der Waals surface area contributed by atoms with Crippen LogP contribution in [0.2, 0.25) is 0 Å². The summed E-state index contributed by atoms with van der Waals surface area (Å²) in [4.78, 5) is 1.11. The van der Waals surface area contributed by atoms with Crippen LogP contribution in [-0.4, -0.2) is 0 Å². The van der Waals surface area contributed by atoms with Gasteiger partial charge in [-0.15, -0.1) is 0 Å². The van der Waals surface area contributed by atoms with E-state index in [0.29, 0.717) is 0 Å². The minimum Gasteiger partial charge on any atom is -0.274 e. The van der Waals surface area contributed by atoms with Crippen LogP contribution in [0.4, 0.5) is 0 Å². The molecule has 0 heterocycles. The van der Waals surface area contributed by atoms with Gasteiger partial charge in [0.05, 0.1) is 0 Å². The first kappa shape index (κ1) is 15.5. The third kappa shape index (κ3) is 6.91. The first-order valence-electron chi connectivity index (χ1n) is 5.74. The normalized spacial score (nSPS) is 11.0. The highest BCUT2D eigenvalue weighted by atomic mass is 32.2. The molecule has 0 unspecified atom stereocenters. The van der Waals surface area contributed by atoms with Gasteiger partial charge < -0.3 is 0 Å². The lowest BCUT2D eigenvalue weighted by Gasteiger charge is -2.18. The Morgan fingerprint density at radius 2 is 1.38 bits per heavy atom. The van der Waals surface area contributed by atoms with Crippen molar-refractivity contribution in [3.05, 3.63) is 29.8 Å². The van der Waals surface area contributed by atoms with E-state index in [2.05, 4.69) is 65.8 Å². The van der Waals surface area contributed by atoms with E-state index in [-0.39, 0.29) is 5.41 Å². The Kier molecular flexibility index (Phi) is 6.77. The summed E-state index contributed by atoms with van der Waals surface area (Å²) in [6.45, 7) is 13.1. The molecule has 0 spiro atoms. The number of rotatable bonds is 1. The van der Waals surface area contributed by atoms with Crippen molar-refractivity contribution in [3.63, 3.8) is 0 Å². The lowest BCUT2D eigenvalue weighted by molar-refractivity contribution is 0.590. The zero-order valence-electron chi connectivity index (χ0n) is 11.4. The summed E-state index contributed by atoms with van der Waals surface area (Å²) in [5, 5.41) is 5.43. The second-order valence-corrected chi connectivity index (χ2v) is 6.33. The predicted octanol–water partition coefficient (Wildman–Crippen LogP) is 4.61. The van der Waals surface area contributed by atoms with Crippen LogP contribution < -0.4 is 5.14 Å². The van der Waals surface area contributed by atoms with E-state index in [9.17, 15) is 0 Å². The van der Waals surface area contributed by atoms with Crippen molar-refractivity contribution in [2.45, 2.75) is 51.9 Å². The van der Waals surface area contributed by atoms with Crippen LogP contribution in [0.5, 0.6) is 0 Å². The molecule has 1 nitrogen and oxygen atoms in total. The second-order valence-electron chi connectivity index (χ2n) is 5.62. The molecule has 0 fully saturated rings. The maximum absolute atomic E-state index is 5.43. The monoisotopic (exact) mass is 239 g/mol. The maximum atomic E-state index is 5.43. The van der Waals surface area contributed by atoms with E-state index in [1.165, 1.54) is 17.5 Å². The topological polar surface area (TPSA) is 26.0 Å².